The Balaban J connectivity index is 1.83. The molecule has 0 spiro atoms. The third kappa shape index (κ3) is 3.31. The summed E-state index contributed by atoms with van der Waals surface area (Å²) in [4.78, 5) is 1.83. The lowest BCUT2D eigenvalue weighted by Crippen LogP contribution is -1.99. The first-order valence-corrected chi connectivity index (χ1v) is 9.19. The first kappa shape index (κ1) is 15.4. The summed E-state index contributed by atoms with van der Waals surface area (Å²) in [6, 6.07) is 17.1. The number of hydrogen-bond donors (Lipinski definition) is 1. The lowest BCUT2D eigenvalue weighted by atomic mass is 10.1. The van der Waals surface area contributed by atoms with Crippen molar-refractivity contribution in [3.8, 4) is 0 Å². The largest absolute Gasteiger partial charge is 0.304 e. The maximum atomic E-state index is 12.9. The van der Waals surface area contributed by atoms with Gasteiger partial charge in [-0.15, -0.1) is 0 Å². The summed E-state index contributed by atoms with van der Waals surface area (Å²) in [5.41, 5.74) is 2.39. The van der Waals surface area contributed by atoms with Gasteiger partial charge in [-0.05, 0) is 37.1 Å². The van der Waals surface area contributed by atoms with E-state index in [4.69, 9.17) is 0 Å². The first-order chi connectivity index (χ1) is 10.7. The fourth-order valence-electron chi connectivity index (χ4n) is 2.85. The summed E-state index contributed by atoms with van der Waals surface area (Å²) < 4.78 is 12.9. The number of rotatable bonds is 6. The highest BCUT2D eigenvalue weighted by atomic mass is 32.2. The molecular weight excluding hydrogens is 290 g/mol. The van der Waals surface area contributed by atoms with Gasteiger partial charge in [-0.3, -0.25) is 0 Å². The Kier molecular flexibility index (Phi) is 4.74. The van der Waals surface area contributed by atoms with Gasteiger partial charge in [0.1, 0.15) is 0 Å². The highest BCUT2D eigenvalue weighted by Gasteiger charge is 2.38. The molecule has 0 aliphatic carbocycles. The molecular formula is C19H23NOS. The normalized spacial score (nSPS) is 21.5. The second-order valence-electron chi connectivity index (χ2n) is 6.01. The Morgan fingerprint density at radius 1 is 1.09 bits per heavy atom. The molecule has 1 saturated heterocycles. The van der Waals surface area contributed by atoms with Gasteiger partial charge >= 0.3 is 0 Å². The number of hydrogen-bond acceptors (Lipinski definition) is 2. The minimum absolute atomic E-state index is 0.372. The zero-order chi connectivity index (χ0) is 15.5. The topological polar surface area (TPSA) is 39.0 Å². The van der Waals surface area contributed by atoms with Crippen molar-refractivity contribution in [1.82, 2.24) is 5.32 Å². The fourth-order valence-corrected chi connectivity index (χ4v) is 4.10. The molecule has 1 fully saturated rings. The first-order valence-electron chi connectivity index (χ1n) is 8.04. The van der Waals surface area contributed by atoms with Crippen molar-refractivity contribution >= 4 is 10.8 Å². The summed E-state index contributed by atoms with van der Waals surface area (Å²) >= 11 is 0. The molecule has 0 aromatic heterocycles. The van der Waals surface area contributed by atoms with Crippen molar-refractivity contribution in [3.05, 3.63) is 59.7 Å². The molecule has 2 aromatic rings. The Bertz CT molecular complexity index is 665. The van der Waals surface area contributed by atoms with Crippen LogP contribution in [-0.4, -0.2) is 10.3 Å². The van der Waals surface area contributed by atoms with Gasteiger partial charge in [0, 0.05) is 21.9 Å². The van der Waals surface area contributed by atoms with E-state index in [1.54, 1.807) is 0 Å². The summed E-state index contributed by atoms with van der Waals surface area (Å²) in [7, 11) is -1.11. The molecule has 3 atom stereocenters. The third-order valence-electron chi connectivity index (χ3n) is 4.24. The van der Waals surface area contributed by atoms with E-state index in [9.17, 15) is 4.21 Å². The van der Waals surface area contributed by atoms with E-state index < -0.39 is 10.8 Å². The Hall–Kier alpha value is -1.45. The van der Waals surface area contributed by atoms with Gasteiger partial charge in [0.25, 0.3) is 0 Å². The maximum absolute atomic E-state index is 12.9. The van der Waals surface area contributed by atoms with Gasteiger partial charge in [-0.1, -0.05) is 55.7 Å². The van der Waals surface area contributed by atoms with Crippen LogP contribution >= 0.6 is 0 Å². The molecule has 0 amide bonds. The average molecular weight is 313 g/mol. The average Bonchev–Trinajstić information content (AvgIpc) is 3.32. The van der Waals surface area contributed by atoms with Crippen LogP contribution in [0.1, 0.15) is 43.4 Å². The molecule has 1 heterocycles. The van der Waals surface area contributed by atoms with Crippen molar-refractivity contribution in [3.63, 3.8) is 0 Å². The van der Waals surface area contributed by atoms with Crippen LogP contribution in [0.4, 0.5) is 0 Å². The van der Waals surface area contributed by atoms with Gasteiger partial charge in [-0.25, -0.2) is 4.21 Å². The standard InChI is InChI=1S/C19H23NOS/c1-3-4-8-17-19(20-17)16-7-5-6-9-18(16)22(21)15-12-10-14(2)11-13-15/h5-7,9-13,17,19-20H,3-4,8H2,1-2H3/t17-,19-,22-/m0/s1. The molecule has 3 heteroatoms. The van der Waals surface area contributed by atoms with Crippen molar-refractivity contribution in [2.24, 2.45) is 0 Å². The fraction of sp³-hybridized carbons (Fsp3) is 0.368. The van der Waals surface area contributed by atoms with Crippen LogP contribution in [0.5, 0.6) is 0 Å². The predicted octanol–water partition coefficient (Wildman–Crippen LogP) is 4.36. The number of aryl methyl sites for hydroxylation is 1. The molecule has 0 saturated carbocycles. The van der Waals surface area contributed by atoms with Crippen LogP contribution in [0.15, 0.2) is 58.3 Å². The lowest BCUT2D eigenvalue weighted by molar-refractivity contribution is 0.680. The van der Waals surface area contributed by atoms with Crippen LogP contribution in [-0.2, 0) is 10.8 Å². The molecule has 0 radical (unpaired) electrons. The van der Waals surface area contributed by atoms with Crippen LogP contribution in [0.25, 0.3) is 0 Å². The minimum Gasteiger partial charge on any atom is -0.304 e. The van der Waals surface area contributed by atoms with Gasteiger partial charge in [0.2, 0.25) is 0 Å². The molecule has 0 bridgehead atoms. The summed E-state index contributed by atoms with van der Waals surface area (Å²) in [6.07, 6.45) is 3.67. The predicted molar refractivity (Wildman–Crippen MR) is 91.5 cm³/mol. The monoisotopic (exact) mass is 313 g/mol. The van der Waals surface area contributed by atoms with Crippen LogP contribution in [0.2, 0.25) is 0 Å². The Morgan fingerprint density at radius 2 is 1.82 bits per heavy atom. The highest BCUT2D eigenvalue weighted by molar-refractivity contribution is 7.85. The number of unbranched alkanes of at least 4 members (excludes halogenated alkanes) is 1. The molecule has 116 valence electrons. The SMILES string of the molecule is CCCC[C@@H]1N[C@H]1c1ccccc1[S@@](=O)c1ccc(C)cc1. The molecule has 2 aromatic carbocycles. The molecule has 1 aliphatic rings. The smallest absolute Gasteiger partial charge is 0.0853 e. The van der Waals surface area contributed by atoms with Crippen molar-refractivity contribution in [2.75, 3.05) is 0 Å². The lowest BCUT2D eigenvalue weighted by Gasteiger charge is -2.09. The quantitative estimate of drug-likeness (QED) is 0.805. The Morgan fingerprint density at radius 3 is 2.55 bits per heavy atom. The second kappa shape index (κ2) is 6.76. The van der Waals surface area contributed by atoms with Gasteiger partial charge < -0.3 is 5.32 Å². The van der Waals surface area contributed by atoms with Crippen molar-refractivity contribution < 1.29 is 4.21 Å². The zero-order valence-corrected chi connectivity index (χ0v) is 14.0. The summed E-state index contributed by atoms with van der Waals surface area (Å²) in [6.45, 7) is 4.27. The van der Waals surface area contributed by atoms with Crippen LogP contribution in [0, 0.1) is 6.92 Å². The summed E-state index contributed by atoms with van der Waals surface area (Å²) in [5.74, 6) is 0. The molecule has 1 aliphatic heterocycles. The van der Waals surface area contributed by atoms with Gasteiger partial charge in [0.05, 0.1) is 10.8 Å². The van der Waals surface area contributed by atoms with E-state index >= 15 is 0 Å². The molecule has 2 nitrogen and oxygen atoms in total. The van der Waals surface area contributed by atoms with E-state index in [-0.39, 0.29) is 0 Å². The van der Waals surface area contributed by atoms with Crippen molar-refractivity contribution in [2.45, 2.75) is 55.0 Å². The van der Waals surface area contributed by atoms with Crippen molar-refractivity contribution in [1.29, 1.82) is 0 Å². The Labute approximate surface area is 135 Å². The second-order valence-corrected chi connectivity index (χ2v) is 7.46. The minimum atomic E-state index is -1.11. The molecule has 3 rings (SSSR count). The number of nitrogens with one attached hydrogen (secondary N) is 1. The van der Waals surface area contributed by atoms with E-state index in [0.717, 1.165) is 9.79 Å². The van der Waals surface area contributed by atoms with Gasteiger partial charge in [-0.2, -0.15) is 0 Å². The van der Waals surface area contributed by atoms with E-state index in [1.165, 1.54) is 30.4 Å². The summed E-state index contributed by atoms with van der Waals surface area (Å²) in [5, 5.41) is 3.54. The number of benzene rings is 2. The van der Waals surface area contributed by atoms with E-state index in [0.29, 0.717) is 12.1 Å². The van der Waals surface area contributed by atoms with Crippen LogP contribution in [0.3, 0.4) is 0 Å². The zero-order valence-electron chi connectivity index (χ0n) is 13.2. The molecule has 1 N–H and O–H groups in total. The molecule has 22 heavy (non-hydrogen) atoms. The third-order valence-corrected chi connectivity index (χ3v) is 5.72. The van der Waals surface area contributed by atoms with E-state index in [2.05, 4.69) is 18.3 Å². The highest BCUT2D eigenvalue weighted by Crippen LogP contribution is 2.37. The van der Waals surface area contributed by atoms with E-state index in [1.807, 2.05) is 49.4 Å². The van der Waals surface area contributed by atoms with Gasteiger partial charge in [0.15, 0.2) is 0 Å². The maximum Gasteiger partial charge on any atom is 0.0853 e. The molecule has 0 unspecified atom stereocenters. The van der Waals surface area contributed by atoms with Crippen LogP contribution < -0.4 is 5.32 Å².